The lowest BCUT2D eigenvalue weighted by Gasteiger charge is -2.08. The number of imidazole rings is 1. The van der Waals surface area contributed by atoms with E-state index in [4.69, 9.17) is 56.1 Å². The topological polar surface area (TPSA) is 27.3 Å². The van der Waals surface area contributed by atoms with E-state index >= 15 is 0 Å². The van der Waals surface area contributed by atoms with Crippen LogP contribution in [0.5, 0.6) is 0 Å². The van der Waals surface area contributed by atoms with Crippen LogP contribution in [0.3, 0.4) is 0 Å². The number of hydrogen-bond donors (Lipinski definition) is 0. The minimum absolute atomic E-state index is 0.233. The van der Waals surface area contributed by atoms with Crippen molar-refractivity contribution in [1.29, 1.82) is 0 Å². The van der Waals surface area contributed by atoms with E-state index in [9.17, 15) is 0 Å². The summed E-state index contributed by atoms with van der Waals surface area (Å²) in [6.45, 7) is 2.47. The molecule has 1 heterocycles. The average Bonchev–Trinajstić information content (AvgIpc) is 3.03. The molecule has 0 saturated heterocycles. The van der Waals surface area contributed by atoms with Crippen LogP contribution in [0.4, 0.5) is 0 Å². The van der Waals surface area contributed by atoms with Gasteiger partial charge in [-0.15, -0.1) is 0 Å². The Hall–Kier alpha value is -1.59. The molecule has 0 amide bonds. The average molecular weight is 447 g/mol. The van der Waals surface area contributed by atoms with E-state index in [0.717, 1.165) is 17.0 Å². The normalized spacial score (nSPS) is 10.9. The van der Waals surface area contributed by atoms with Gasteiger partial charge in [0.1, 0.15) is 0 Å². The molecular weight excluding hydrogens is 430 g/mol. The zero-order chi connectivity index (χ0) is 19.4. The van der Waals surface area contributed by atoms with Crippen molar-refractivity contribution in [3.05, 3.63) is 85.8 Å². The Morgan fingerprint density at radius 1 is 0.852 bits per heavy atom. The molecule has 8 heteroatoms. The van der Waals surface area contributed by atoms with Crippen molar-refractivity contribution in [2.75, 3.05) is 0 Å². The van der Waals surface area contributed by atoms with Gasteiger partial charge in [-0.3, -0.25) is 0 Å². The Labute approximate surface area is 177 Å². The SMILES string of the molecule is CCc1n(OCc2c(Cl)cccc2Cl)cc[n+]1OCc1c(Cl)cccc1Cl. The van der Waals surface area contributed by atoms with E-state index < -0.39 is 0 Å². The summed E-state index contributed by atoms with van der Waals surface area (Å²) in [6, 6.07) is 10.7. The molecule has 0 fully saturated rings. The van der Waals surface area contributed by atoms with Gasteiger partial charge in [0.15, 0.2) is 25.6 Å². The second-order valence-electron chi connectivity index (χ2n) is 5.67. The number of hydrogen-bond acceptors (Lipinski definition) is 2. The van der Waals surface area contributed by atoms with Crippen LogP contribution in [-0.2, 0) is 19.6 Å². The number of aromatic nitrogens is 2. The van der Waals surface area contributed by atoms with Gasteiger partial charge < -0.3 is 9.68 Å². The second-order valence-corrected chi connectivity index (χ2v) is 7.30. The van der Waals surface area contributed by atoms with Gasteiger partial charge in [0.25, 0.3) is 0 Å². The number of halogens is 4. The highest BCUT2D eigenvalue weighted by Gasteiger charge is 2.20. The molecule has 0 atom stereocenters. The van der Waals surface area contributed by atoms with E-state index in [1.807, 2.05) is 6.92 Å². The first-order chi connectivity index (χ1) is 13.0. The molecule has 0 spiro atoms. The molecule has 1 aromatic heterocycles. The van der Waals surface area contributed by atoms with Crippen molar-refractivity contribution in [2.24, 2.45) is 0 Å². The van der Waals surface area contributed by atoms with Crippen molar-refractivity contribution < 1.29 is 14.4 Å². The summed E-state index contributed by atoms with van der Waals surface area (Å²) in [6.07, 6.45) is 4.20. The van der Waals surface area contributed by atoms with Crippen molar-refractivity contribution >= 4 is 46.4 Å². The van der Waals surface area contributed by atoms with Crippen molar-refractivity contribution in [2.45, 2.75) is 26.6 Å². The molecule has 0 unspecified atom stereocenters. The maximum Gasteiger partial charge on any atom is 0.334 e. The lowest BCUT2D eigenvalue weighted by Crippen LogP contribution is -2.45. The molecule has 3 rings (SSSR count). The summed E-state index contributed by atoms with van der Waals surface area (Å²) in [4.78, 5) is 11.7. The molecule has 0 N–H and O–H groups in total. The minimum Gasteiger partial charge on any atom is -0.331 e. The monoisotopic (exact) mass is 445 g/mol. The van der Waals surface area contributed by atoms with Gasteiger partial charge in [0, 0.05) is 31.2 Å². The Balaban J connectivity index is 1.73. The van der Waals surface area contributed by atoms with E-state index in [0.29, 0.717) is 26.5 Å². The number of benzene rings is 2. The predicted molar refractivity (Wildman–Crippen MR) is 107 cm³/mol. The summed E-state index contributed by atoms with van der Waals surface area (Å²) in [5, 5.41) is 2.24. The molecule has 0 radical (unpaired) electrons. The van der Waals surface area contributed by atoms with Crippen LogP contribution in [0.15, 0.2) is 48.8 Å². The molecule has 0 aliphatic carbocycles. The van der Waals surface area contributed by atoms with Crippen molar-refractivity contribution in [3.63, 3.8) is 0 Å². The Bertz CT molecular complexity index is 830. The third-order valence-electron chi connectivity index (χ3n) is 3.98. The fraction of sp³-hybridized carbons (Fsp3) is 0.211. The quantitative estimate of drug-likeness (QED) is 0.466. The van der Waals surface area contributed by atoms with E-state index in [1.165, 1.54) is 0 Å². The predicted octanol–water partition coefficient (Wildman–Crippen LogP) is 5.21. The van der Waals surface area contributed by atoms with Crippen molar-refractivity contribution in [3.8, 4) is 0 Å². The molecule has 0 aliphatic rings. The molecule has 3 aromatic rings. The van der Waals surface area contributed by atoms with Crippen LogP contribution >= 0.6 is 46.4 Å². The molecule has 0 aliphatic heterocycles. The summed E-state index contributed by atoms with van der Waals surface area (Å²) in [5.74, 6) is 0.807. The largest absolute Gasteiger partial charge is 0.334 e. The maximum atomic E-state index is 6.19. The Morgan fingerprint density at radius 3 is 1.89 bits per heavy atom. The highest BCUT2D eigenvalue weighted by Crippen LogP contribution is 2.25. The summed E-state index contributed by atoms with van der Waals surface area (Å²) in [5.41, 5.74) is 1.46. The fourth-order valence-electron chi connectivity index (χ4n) is 2.55. The third kappa shape index (κ3) is 4.64. The first-order valence-electron chi connectivity index (χ1n) is 8.25. The second kappa shape index (κ2) is 9.07. The van der Waals surface area contributed by atoms with Gasteiger partial charge in [-0.2, -0.15) is 0 Å². The van der Waals surface area contributed by atoms with Crippen LogP contribution in [0.2, 0.25) is 20.1 Å². The number of nitrogens with zero attached hydrogens (tertiary/aromatic N) is 2. The smallest absolute Gasteiger partial charge is 0.331 e. The van der Waals surface area contributed by atoms with Gasteiger partial charge in [-0.05, 0) is 33.7 Å². The minimum atomic E-state index is 0.233. The lowest BCUT2D eigenvalue weighted by molar-refractivity contribution is -0.900. The van der Waals surface area contributed by atoms with Crippen LogP contribution in [0.1, 0.15) is 23.9 Å². The van der Waals surface area contributed by atoms with Gasteiger partial charge in [-0.25, -0.2) is 0 Å². The highest BCUT2D eigenvalue weighted by molar-refractivity contribution is 6.36. The van der Waals surface area contributed by atoms with Gasteiger partial charge in [0.05, 0.1) is 6.42 Å². The third-order valence-corrected chi connectivity index (χ3v) is 5.40. The number of rotatable bonds is 7. The Morgan fingerprint density at radius 2 is 1.37 bits per heavy atom. The molecule has 27 heavy (non-hydrogen) atoms. The Kier molecular flexibility index (Phi) is 6.77. The molecular formula is C19H17Cl4N2O2+. The molecule has 0 saturated carbocycles. The van der Waals surface area contributed by atoms with Crippen LogP contribution in [0, 0.1) is 0 Å². The highest BCUT2D eigenvalue weighted by atomic mass is 35.5. The first kappa shape index (κ1) is 20.2. The summed E-state index contributed by atoms with van der Waals surface area (Å²) in [7, 11) is 0. The molecule has 142 valence electrons. The van der Waals surface area contributed by atoms with Gasteiger partial charge in [0.2, 0.25) is 0 Å². The fourth-order valence-corrected chi connectivity index (χ4v) is 3.56. The zero-order valence-electron chi connectivity index (χ0n) is 14.5. The van der Waals surface area contributed by atoms with Gasteiger partial charge >= 0.3 is 5.82 Å². The molecule has 2 aromatic carbocycles. The zero-order valence-corrected chi connectivity index (χ0v) is 17.5. The van der Waals surface area contributed by atoms with Crippen molar-refractivity contribution in [1.82, 2.24) is 4.73 Å². The summed E-state index contributed by atoms with van der Waals surface area (Å²) >= 11 is 24.8. The van der Waals surface area contributed by atoms with Crippen LogP contribution < -0.4 is 14.4 Å². The molecule has 0 bridgehead atoms. The van der Waals surface area contributed by atoms with Crippen LogP contribution in [0.25, 0.3) is 0 Å². The first-order valence-corrected chi connectivity index (χ1v) is 9.76. The van der Waals surface area contributed by atoms with E-state index in [2.05, 4.69) is 0 Å². The van der Waals surface area contributed by atoms with Gasteiger partial charge in [-0.1, -0.05) is 65.5 Å². The summed E-state index contributed by atoms with van der Waals surface area (Å²) < 4.78 is 3.27. The van der Waals surface area contributed by atoms with E-state index in [1.54, 1.807) is 58.3 Å². The maximum absolute atomic E-state index is 6.19. The van der Waals surface area contributed by atoms with E-state index in [-0.39, 0.29) is 13.2 Å². The molecule has 4 nitrogen and oxygen atoms in total. The standard InChI is InChI=1S/C19H17Cl4N2O2/c1-2-19-24(26-11-13-15(20)5-3-6-16(13)21)9-10-25(19)27-12-14-17(22)7-4-8-18(14)23/h3-10H,2,11-12H2,1H3/q+1. The lowest BCUT2D eigenvalue weighted by atomic mass is 10.2. The van der Waals surface area contributed by atoms with Crippen LogP contribution in [-0.4, -0.2) is 4.73 Å².